The van der Waals surface area contributed by atoms with Crippen molar-refractivity contribution in [1.29, 1.82) is 0 Å². The van der Waals surface area contributed by atoms with Crippen molar-refractivity contribution < 1.29 is 18.3 Å². The SMILES string of the molecule is CN(C)C(=O)CN=C(NCCOc1ccc(F)cc1F)NC1CC2CCC1C2.I. The number of nitrogens with one attached hydrogen (secondary N) is 2. The van der Waals surface area contributed by atoms with Crippen molar-refractivity contribution in [2.75, 3.05) is 33.8 Å². The van der Waals surface area contributed by atoms with Crippen molar-refractivity contribution in [1.82, 2.24) is 15.5 Å². The quantitative estimate of drug-likeness (QED) is 0.250. The second kappa shape index (κ2) is 10.9. The minimum Gasteiger partial charge on any atom is -0.489 e. The van der Waals surface area contributed by atoms with E-state index in [2.05, 4.69) is 15.6 Å². The molecule has 0 heterocycles. The molecule has 0 spiro atoms. The summed E-state index contributed by atoms with van der Waals surface area (Å²) >= 11 is 0. The molecule has 162 valence electrons. The van der Waals surface area contributed by atoms with Crippen LogP contribution >= 0.6 is 24.0 Å². The van der Waals surface area contributed by atoms with Crippen LogP contribution in [0.1, 0.15) is 25.7 Å². The molecule has 3 unspecified atom stereocenters. The molecule has 0 saturated heterocycles. The number of aliphatic imine (C=N–C) groups is 1. The summed E-state index contributed by atoms with van der Waals surface area (Å²) in [4.78, 5) is 17.7. The van der Waals surface area contributed by atoms with E-state index in [0.717, 1.165) is 24.5 Å². The van der Waals surface area contributed by atoms with Gasteiger partial charge >= 0.3 is 0 Å². The van der Waals surface area contributed by atoms with Crippen molar-refractivity contribution in [3.8, 4) is 5.75 Å². The van der Waals surface area contributed by atoms with E-state index >= 15 is 0 Å². The summed E-state index contributed by atoms with van der Waals surface area (Å²) < 4.78 is 31.9. The van der Waals surface area contributed by atoms with Crippen LogP contribution in [0, 0.1) is 23.5 Å². The van der Waals surface area contributed by atoms with Gasteiger partial charge in [0.25, 0.3) is 0 Å². The average Bonchev–Trinajstić information content (AvgIpc) is 3.27. The first-order chi connectivity index (χ1) is 13.4. The van der Waals surface area contributed by atoms with Gasteiger partial charge in [-0.15, -0.1) is 24.0 Å². The van der Waals surface area contributed by atoms with Gasteiger partial charge in [0.1, 0.15) is 19.0 Å². The lowest BCUT2D eigenvalue weighted by Crippen LogP contribution is -2.47. The summed E-state index contributed by atoms with van der Waals surface area (Å²) in [5.41, 5.74) is 0. The van der Waals surface area contributed by atoms with Gasteiger partial charge in [0, 0.05) is 26.2 Å². The Morgan fingerprint density at radius 1 is 1.28 bits per heavy atom. The van der Waals surface area contributed by atoms with Crippen LogP contribution in [0.2, 0.25) is 0 Å². The maximum absolute atomic E-state index is 13.6. The lowest BCUT2D eigenvalue weighted by atomic mass is 9.95. The Labute approximate surface area is 187 Å². The maximum Gasteiger partial charge on any atom is 0.243 e. The number of hydrogen-bond acceptors (Lipinski definition) is 3. The first kappa shape index (κ1) is 23.6. The van der Waals surface area contributed by atoms with Crippen LogP contribution in [0.4, 0.5) is 8.78 Å². The van der Waals surface area contributed by atoms with Gasteiger partial charge in [-0.1, -0.05) is 6.42 Å². The molecule has 2 aliphatic carbocycles. The Bertz CT molecular complexity index is 732. The fraction of sp³-hybridized carbons (Fsp3) is 0.600. The number of likely N-dealkylation sites (N-methyl/N-ethyl adjacent to an activating group) is 1. The predicted octanol–water partition coefficient (Wildman–Crippen LogP) is 2.77. The van der Waals surface area contributed by atoms with Crippen molar-refractivity contribution >= 4 is 35.8 Å². The molecule has 0 aliphatic heterocycles. The molecule has 2 fully saturated rings. The zero-order valence-electron chi connectivity index (χ0n) is 16.8. The van der Waals surface area contributed by atoms with E-state index < -0.39 is 11.6 Å². The zero-order chi connectivity index (χ0) is 20.1. The van der Waals surface area contributed by atoms with Gasteiger partial charge in [0.05, 0.1) is 6.54 Å². The summed E-state index contributed by atoms with van der Waals surface area (Å²) in [6.07, 6.45) is 4.93. The Hall–Kier alpha value is -1.65. The summed E-state index contributed by atoms with van der Waals surface area (Å²) in [6.45, 7) is 0.609. The molecular formula is C20H29F2IN4O2. The van der Waals surface area contributed by atoms with E-state index in [0.29, 0.717) is 24.5 Å². The number of hydrogen-bond donors (Lipinski definition) is 2. The van der Waals surface area contributed by atoms with Crippen molar-refractivity contribution in [3.63, 3.8) is 0 Å². The molecule has 2 saturated carbocycles. The third kappa shape index (κ3) is 6.68. The maximum atomic E-state index is 13.6. The third-order valence-corrected chi connectivity index (χ3v) is 5.48. The molecule has 3 rings (SSSR count). The van der Waals surface area contributed by atoms with Crippen molar-refractivity contribution in [2.45, 2.75) is 31.7 Å². The minimum atomic E-state index is -0.731. The molecule has 0 radical (unpaired) electrons. The Morgan fingerprint density at radius 2 is 2.07 bits per heavy atom. The lowest BCUT2D eigenvalue weighted by molar-refractivity contribution is -0.127. The molecule has 3 atom stereocenters. The lowest BCUT2D eigenvalue weighted by Gasteiger charge is -2.25. The summed E-state index contributed by atoms with van der Waals surface area (Å²) in [5.74, 6) is 0.562. The highest BCUT2D eigenvalue weighted by atomic mass is 127. The molecule has 6 nitrogen and oxygen atoms in total. The molecule has 1 amide bonds. The number of benzene rings is 1. The van der Waals surface area contributed by atoms with Crippen LogP contribution in [0.3, 0.4) is 0 Å². The van der Waals surface area contributed by atoms with Gasteiger partial charge in [-0.05, 0) is 43.2 Å². The third-order valence-electron chi connectivity index (χ3n) is 5.48. The van der Waals surface area contributed by atoms with E-state index in [9.17, 15) is 13.6 Å². The summed E-state index contributed by atoms with van der Waals surface area (Å²) in [5, 5.41) is 6.60. The molecule has 2 bridgehead atoms. The predicted molar refractivity (Wildman–Crippen MR) is 119 cm³/mol. The molecule has 1 aromatic carbocycles. The number of ether oxygens (including phenoxy) is 1. The second-order valence-corrected chi connectivity index (χ2v) is 7.73. The van der Waals surface area contributed by atoms with Crippen molar-refractivity contribution in [2.24, 2.45) is 16.8 Å². The number of amides is 1. The topological polar surface area (TPSA) is 66.0 Å². The zero-order valence-corrected chi connectivity index (χ0v) is 19.1. The monoisotopic (exact) mass is 522 g/mol. The number of guanidine groups is 1. The van der Waals surface area contributed by atoms with Gasteiger partial charge in [0.2, 0.25) is 5.91 Å². The molecule has 2 N–H and O–H groups in total. The number of carbonyl (C=O) groups excluding carboxylic acids is 1. The van der Waals surface area contributed by atoms with Crippen LogP contribution in [-0.4, -0.2) is 56.6 Å². The van der Waals surface area contributed by atoms with E-state index in [-0.39, 0.29) is 48.8 Å². The molecule has 2 aliphatic rings. The molecule has 0 aromatic heterocycles. The highest BCUT2D eigenvalue weighted by Crippen LogP contribution is 2.44. The van der Waals surface area contributed by atoms with Gasteiger partial charge in [0.15, 0.2) is 17.5 Å². The van der Waals surface area contributed by atoms with E-state index in [1.165, 1.54) is 30.2 Å². The summed E-state index contributed by atoms with van der Waals surface area (Å²) in [6, 6.07) is 3.58. The van der Waals surface area contributed by atoms with Crippen LogP contribution in [0.5, 0.6) is 5.75 Å². The first-order valence-corrected chi connectivity index (χ1v) is 9.75. The number of rotatable bonds is 7. The number of carbonyl (C=O) groups is 1. The van der Waals surface area contributed by atoms with Crippen LogP contribution in [0.15, 0.2) is 23.2 Å². The number of nitrogens with zero attached hydrogens (tertiary/aromatic N) is 2. The van der Waals surface area contributed by atoms with Crippen LogP contribution < -0.4 is 15.4 Å². The molecule has 29 heavy (non-hydrogen) atoms. The Kier molecular flexibility index (Phi) is 8.91. The average molecular weight is 522 g/mol. The number of fused-ring (bicyclic) bond motifs is 2. The smallest absolute Gasteiger partial charge is 0.243 e. The summed E-state index contributed by atoms with van der Waals surface area (Å²) in [7, 11) is 3.39. The first-order valence-electron chi connectivity index (χ1n) is 9.75. The van der Waals surface area contributed by atoms with E-state index in [4.69, 9.17) is 4.74 Å². The van der Waals surface area contributed by atoms with Gasteiger partial charge in [-0.2, -0.15) is 0 Å². The normalized spacial score (nSPS) is 22.8. The second-order valence-electron chi connectivity index (χ2n) is 7.73. The Morgan fingerprint density at radius 3 is 2.69 bits per heavy atom. The van der Waals surface area contributed by atoms with Gasteiger partial charge in [-0.25, -0.2) is 13.8 Å². The Balaban J connectivity index is 0.00000300. The molecule has 9 heteroatoms. The standard InChI is InChI=1S/C20H28F2N4O2.HI/c1-26(2)19(27)12-24-20(25-17-10-13-3-4-14(17)9-13)23-7-8-28-18-6-5-15(21)11-16(18)22;/h5-6,11,13-14,17H,3-4,7-10,12H2,1-2H3,(H2,23,24,25);1H. The molecular weight excluding hydrogens is 493 g/mol. The number of halogens is 3. The van der Waals surface area contributed by atoms with Crippen molar-refractivity contribution in [3.05, 3.63) is 29.8 Å². The largest absolute Gasteiger partial charge is 0.489 e. The fourth-order valence-electron chi connectivity index (χ4n) is 3.96. The van der Waals surface area contributed by atoms with Crippen LogP contribution in [0.25, 0.3) is 0 Å². The van der Waals surface area contributed by atoms with Gasteiger partial charge in [-0.3, -0.25) is 4.79 Å². The van der Waals surface area contributed by atoms with Gasteiger partial charge < -0.3 is 20.3 Å². The van der Waals surface area contributed by atoms with Crippen LogP contribution in [-0.2, 0) is 4.79 Å². The molecule has 1 aromatic rings. The van der Waals surface area contributed by atoms with E-state index in [1.54, 1.807) is 14.1 Å². The highest BCUT2D eigenvalue weighted by Gasteiger charge is 2.39. The van der Waals surface area contributed by atoms with E-state index in [1.807, 2.05) is 0 Å². The minimum absolute atomic E-state index is 0. The highest BCUT2D eigenvalue weighted by molar-refractivity contribution is 14.0. The fourth-order valence-corrected chi connectivity index (χ4v) is 3.96.